The van der Waals surface area contributed by atoms with Crippen molar-refractivity contribution in [2.75, 3.05) is 0 Å². The number of alkyl halides is 2. The van der Waals surface area contributed by atoms with Crippen LogP contribution in [0.15, 0.2) is 34.8 Å². The predicted molar refractivity (Wildman–Crippen MR) is 70.2 cm³/mol. The number of carbonyl (C=O) groups excluding carboxylic acids is 1. The third kappa shape index (κ3) is 3.66. The van der Waals surface area contributed by atoms with Crippen molar-refractivity contribution in [3.8, 4) is 0 Å². The second-order valence-corrected chi connectivity index (χ2v) is 5.39. The van der Waals surface area contributed by atoms with E-state index in [0.717, 1.165) is 6.08 Å². The standard InChI is InChI=1S/C14H17F3N2O2/c1-8-3-2-4-9(13(20)19-21)5-11(15)12(8)18-10-6-14(16,17)7-10/h4-5,10,18,21H,2-3,6-7H2,1H3,(H,19,20)/b9-4+,11-5+,12-8-. The lowest BCUT2D eigenvalue weighted by Gasteiger charge is -2.37. The number of halogens is 3. The van der Waals surface area contributed by atoms with Crippen molar-refractivity contribution in [2.45, 2.75) is 44.6 Å². The Balaban J connectivity index is 2.17. The summed E-state index contributed by atoms with van der Waals surface area (Å²) in [5.74, 6) is -4.19. The molecule has 0 spiro atoms. The Hall–Kier alpha value is -1.76. The first-order chi connectivity index (χ1) is 9.82. The molecule has 116 valence electrons. The fourth-order valence-electron chi connectivity index (χ4n) is 2.42. The van der Waals surface area contributed by atoms with Crippen LogP contribution in [0.5, 0.6) is 0 Å². The van der Waals surface area contributed by atoms with E-state index in [2.05, 4.69) is 5.32 Å². The van der Waals surface area contributed by atoms with Crippen molar-refractivity contribution < 1.29 is 23.2 Å². The quantitative estimate of drug-likeness (QED) is 0.555. The Morgan fingerprint density at radius 3 is 2.67 bits per heavy atom. The van der Waals surface area contributed by atoms with E-state index in [1.54, 1.807) is 6.92 Å². The highest BCUT2D eigenvalue weighted by atomic mass is 19.3. The molecule has 0 unspecified atom stereocenters. The summed E-state index contributed by atoms with van der Waals surface area (Å²) in [6.45, 7) is 1.72. The molecule has 0 aromatic heterocycles. The summed E-state index contributed by atoms with van der Waals surface area (Å²) in [7, 11) is 0. The number of nitrogens with one attached hydrogen (secondary N) is 2. The van der Waals surface area contributed by atoms with Crippen molar-refractivity contribution in [3.63, 3.8) is 0 Å². The van der Waals surface area contributed by atoms with Crippen molar-refractivity contribution >= 4 is 5.91 Å². The molecule has 0 heterocycles. The van der Waals surface area contributed by atoms with Crippen LogP contribution in [0.1, 0.15) is 32.6 Å². The second-order valence-electron chi connectivity index (χ2n) is 5.39. The van der Waals surface area contributed by atoms with Gasteiger partial charge in [-0.2, -0.15) is 0 Å². The first-order valence-corrected chi connectivity index (χ1v) is 6.68. The number of hydroxylamine groups is 1. The molecule has 4 nitrogen and oxygen atoms in total. The summed E-state index contributed by atoms with van der Waals surface area (Å²) in [5.41, 5.74) is 2.32. The Bertz CT molecular complexity index is 530. The number of hydrogen-bond donors (Lipinski definition) is 3. The third-order valence-electron chi connectivity index (χ3n) is 3.63. The molecule has 21 heavy (non-hydrogen) atoms. The molecule has 2 aliphatic rings. The average Bonchev–Trinajstić information content (AvgIpc) is 2.38. The summed E-state index contributed by atoms with van der Waals surface area (Å²) in [5, 5.41) is 11.4. The lowest BCUT2D eigenvalue weighted by molar-refractivity contribution is -0.124. The van der Waals surface area contributed by atoms with E-state index in [1.807, 2.05) is 0 Å². The first-order valence-electron chi connectivity index (χ1n) is 6.68. The highest BCUT2D eigenvalue weighted by Crippen LogP contribution is 2.38. The largest absolute Gasteiger partial charge is 0.380 e. The molecule has 0 radical (unpaired) electrons. The SMILES string of the molecule is C\C1=C(NC2CC(F)(F)C2)/C(F)=C\C(C(=O)NO)=C/CC1. The molecule has 1 saturated carbocycles. The van der Waals surface area contributed by atoms with Gasteiger partial charge < -0.3 is 5.32 Å². The van der Waals surface area contributed by atoms with Crippen molar-refractivity contribution in [1.29, 1.82) is 0 Å². The van der Waals surface area contributed by atoms with Crippen molar-refractivity contribution in [1.82, 2.24) is 10.8 Å². The van der Waals surface area contributed by atoms with Crippen LogP contribution in [0.25, 0.3) is 0 Å². The van der Waals surface area contributed by atoms with Gasteiger partial charge in [0, 0.05) is 24.5 Å². The lowest BCUT2D eigenvalue weighted by atomic mass is 9.87. The Kier molecular flexibility index (Phi) is 4.41. The second kappa shape index (κ2) is 5.93. The van der Waals surface area contributed by atoms with Gasteiger partial charge >= 0.3 is 0 Å². The van der Waals surface area contributed by atoms with E-state index in [9.17, 15) is 18.0 Å². The van der Waals surface area contributed by atoms with Gasteiger partial charge in [-0.05, 0) is 31.4 Å². The van der Waals surface area contributed by atoms with Gasteiger partial charge in [0.1, 0.15) is 5.83 Å². The Morgan fingerprint density at radius 1 is 1.43 bits per heavy atom. The fraction of sp³-hybridized carbons (Fsp3) is 0.500. The monoisotopic (exact) mass is 302 g/mol. The van der Waals surface area contributed by atoms with E-state index in [-0.39, 0.29) is 24.1 Å². The van der Waals surface area contributed by atoms with Crippen LogP contribution in [-0.4, -0.2) is 23.1 Å². The molecule has 1 fully saturated rings. The van der Waals surface area contributed by atoms with Gasteiger partial charge in [0.2, 0.25) is 0 Å². The van der Waals surface area contributed by atoms with Gasteiger partial charge in [0.15, 0.2) is 0 Å². The fourth-order valence-corrected chi connectivity index (χ4v) is 2.42. The summed E-state index contributed by atoms with van der Waals surface area (Å²) in [6, 6.07) is -0.470. The molecule has 7 heteroatoms. The molecule has 0 aromatic carbocycles. The summed E-state index contributed by atoms with van der Waals surface area (Å²) in [6.07, 6.45) is 2.85. The number of rotatable bonds is 3. The molecular formula is C14H17F3N2O2. The van der Waals surface area contributed by atoms with Gasteiger partial charge in [-0.15, -0.1) is 0 Å². The van der Waals surface area contributed by atoms with E-state index in [4.69, 9.17) is 5.21 Å². The van der Waals surface area contributed by atoms with Crippen LogP contribution in [0.2, 0.25) is 0 Å². The molecule has 0 aliphatic heterocycles. The Morgan fingerprint density at radius 2 is 2.10 bits per heavy atom. The highest BCUT2D eigenvalue weighted by molar-refractivity contribution is 5.95. The van der Waals surface area contributed by atoms with Crippen LogP contribution in [-0.2, 0) is 4.79 Å². The maximum Gasteiger partial charge on any atom is 0.274 e. The molecule has 0 saturated heterocycles. The molecule has 0 aromatic rings. The molecule has 0 atom stereocenters. The number of carbonyl (C=O) groups is 1. The summed E-state index contributed by atoms with van der Waals surface area (Å²) < 4.78 is 39.9. The van der Waals surface area contributed by atoms with E-state index >= 15 is 0 Å². The van der Waals surface area contributed by atoms with Gasteiger partial charge in [-0.1, -0.05) is 6.08 Å². The van der Waals surface area contributed by atoms with Crippen molar-refractivity contribution in [3.05, 3.63) is 34.8 Å². The molecule has 1 amide bonds. The van der Waals surface area contributed by atoms with Crippen molar-refractivity contribution in [2.24, 2.45) is 0 Å². The number of allylic oxidation sites excluding steroid dienone is 3. The molecule has 2 aliphatic carbocycles. The Labute approximate surface area is 120 Å². The maximum atomic E-state index is 14.2. The molecule has 2 rings (SSSR count). The summed E-state index contributed by atoms with van der Waals surface area (Å²) in [4.78, 5) is 11.4. The minimum atomic E-state index is -2.68. The minimum absolute atomic E-state index is 0.000685. The van der Waals surface area contributed by atoms with Gasteiger partial charge in [-0.25, -0.2) is 18.7 Å². The first kappa shape index (κ1) is 15.6. The smallest absolute Gasteiger partial charge is 0.274 e. The minimum Gasteiger partial charge on any atom is -0.380 e. The maximum absolute atomic E-state index is 14.2. The topological polar surface area (TPSA) is 61.4 Å². The van der Waals surface area contributed by atoms with Gasteiger partial charge in [-0.3, -0.25) is 10.0 Å². The van der Waals surface area contributed by atoms with Crippen LogP contribution in [0.4, 0.5) is 13.2 Å². The van der Waals surface area contributed by atoms with Crippen LogP contribution >= 0.6 is 0 Å². The van der Waals surface area contributed by atoms with E-state index in [1.165, 1.54) is 11.6 Å². The van der Waals surface area contributed by atoms with E-state index < -0.39 is 23.7 Å². The molecule has 0 bridgehead atoms. The number of amides is 1. The van der Waals surface area contributed by atoms with Crippen LogP contribution < -0.4 is 10.8 Å². The predicted octanol–water partition coefficient (Wildman–Crippen LogP) is 2.73. The zero-order valence-electron chi connectivity index (χ0n) is 11.5. The van der Waals surface area contributed by atoms with Gasteiger partial charge in [0.05, 0.1) is 5.70 Å². The van der Waals surface area contributed by atoms with Crippen LogP contribution in [0.3, 0.4) is 0 Å². The van der Waals surface area contributed by atoms with Gasteiger partial charge in [0.25, 0.3) is 11.8 Å². The van der Waals surface area contributed by atoms with Crippen LogP contribution in [0, 0.1) is 0 Å². The highest BCUT2D eigenvalue weighted by Gasteiger charge is 2.45. The summed E-state index contributed by atoms with van der Waals surface area (Å²) >= 11 is 0. The zero-order valence-corrected chi connectivity index (χ0v) is 11.5. The number of hydrogen-bond acceptors (Lipinski definition) is 3. The zero-order chi connectivity index (χ0) is 15.6. The lowest BCUT2D eigenvalue weighted by Crippen LogP contribution is -2.48. The average molecular weight is 302 g/mol. The van der Waals surface area contributed by atoms with E-state index in [0.29, 0.717) is 18.4 Å². The molecule has 3 N–H and O–H groups in total. The normalized spacial score (nSPS) is 30.9. The molecular weight excluding hydrogens is 285 g/mol. The third-order valence-corrected chi connectivity index (χ3v) is 3.63.